The van der Waals surface area contributed by atoms with Gasteiger partial charge in [-0.15, -0.1) is 0 Å². The lowest BCUT2D eigenvalue weighted by Crippen LogP contribution is -2.24. The van der Waals surface area contributed by atoms with Gasteiger partial charge in [0.15, 0.2) is 5.65 Å². The van der Waals surface area contributed by atoms with Gasteiger partial charge in [-0.25, -0.2) is 4.98 Å². The lowest BCUT2D eigenvalue weighted by molar-refractivity contribution is 0.0629. The third kappa shape index (κ3) is 3.18. The number of fused-ring (bicyclic) bond motifs is 1. The summed E-state index contributed by atoms with van der Waals surface area (Å²) in [6, 6.07) is 2.61. The highest BCUT2D eigenvalue weighted by Gasteiger charge is 2.17. The monoisotopic (exact) mass is 288 g/mol. The average molecular weight is 288 g/mol. The molecule has 1 atom stereocenters. The second kappa shape index (κ2) is 6.02. The molecule has 0 aromatic carbocycles. The first-order valence-electron chi connectivity index (χ1n) is 7.77. The van der Waals surface area contributed by atoms with Crippen LogP contribution in [-0.4, -0.2) is 34.0 Å². The van der Waals surface area contributed by atoms with Gasteiger partial charge in [-0.3, -0.25) is 4.68 Å². The fourth-order valence-electron chi connectivity index (χ4n) is 3.21. The Morgan fingerprint density at radius 3 is 2.95 bits per heavy atom. The van der Waals surface area contributed by atoms with Crippen LogP contribution in [-0.2, 0) is 11.8 Å². The Labute approximate surface area is 125 Å². The van der Waals surface area contributed by atoms with Crippen molar-refractivity contribution in [1.82, 2.24) is 14.8 Å². The summed E-state index contributed by atoms with van der Waals surface area (Å²) in [6.07, 6.45) is 5.47. The van der Waals surface area contributed by atoms with Crippen LogP contribution in [0.25, 0.3) is 11.0 Å². The summed E-state index contributed by atoms with van der Waals surface area (Å²) in [7, 11) is 1.93. The number of anilines is 1. The topological polar surface area (TPSA) is 52.0 Å². The first-order valence-corrected chi connectivity index (χ1v) is 7.77. The lowest BCUT2D eigenvalue weighted by atomic mass is 9.93. The van der Waals surface area contributed by atoms with Gasteiger partial charge in [0.05, 0.1) is 17.6 Å². The molecule has 0 amide bonds. The molecule has 0 saturated carbocycles. The highest BCUT2D eigenvalue weighted by molar-refractivity contribution is 5.81. The number of hydrogen-bond donors (Lipinski definition) is 1. The Morgan fingerprint density at radius 1 is 1.43 bits per heavy atom. The Bertz CT molecular complexity index is 616. The molecule has 0 spiro atoms. The molecule has 0 radical (unpaired) electrons. The van der Waals surface area contributed by atoms with Crippen molar-refractivity contribution in [1.29, 1.82) is 0 Å². The van der Waals surface area contributed by atoms with Crippen LogP contribution < -0.4 is 5.32 Å². The van der Waals surface area contributed by atoms with Crippen molar-refractivity contribution in [3.05, 3.63) is 18.0 Å². The van der Waals surface area contributed by atoms with E-state index in [4.69, 9.17) is 4.74 Å². The van der Waals surface area contributed by atoms with Crippen LogP contribution >= 0.6 is 0 Å². The van der Waals surface area contributed by atoms with Crippen LogP contribution in [0, 0.1) is 12.8 Å². The number of ether oxygens (including phenoxy) is 1. The molecule has 3 heterocycles. The highest BCUT2D eigenvalue weighted by Crippen LogP contribution is 2.23. The number of aromatic nitrogens is 3. The molecule has 1 aliphatic rings. The Kier molecular flexibility index (Phi) is 4.10. The van der Waals surface area contributed by atoms with Gasteiger partial charge >= 0.3 is 0 Å². The number of pyridine rings is 1. The van der Waals surface area contributed by atoms with E-state index in [9.17, 15) is 0 Å². The third-order valence-corrected chi connectivity index (χ3v) is 4.30. The molecule has 0 bridgehead atoms. The molecular formula is C16H24N4O. The van der Waals surface area contributed by atoms with Crippen molar-refractivity contribution in [2.24, 2.45) is 13.0 Å². The quantitative estimate of drug-likeness (QED) is 0.940. The summed E-state index contributed by atoms with van der Waals surface area (Å²) in [4.78, 5) is 4.52. The highest BCUT2D eigenvalue weighted by atomic mass is 16.5. The zero-order valence-electron chi connectivity index (χ0n) is 13.1. The Balaban J connectivity index is 1.67. The number of hydrogen-bond acceptors (Lipinski definition) is 4. The number of aryl methyl sites for hydroxylation is 2. The van der Waals surface area contributed by atoms with E-state index in [2.05, 4.69) is 28.4 Å². The summed E-state index contributed by atoms with van der Waals surface area (Å²) in [5.41, 5.74) is 3.05. The summed E-state index contributed by atoms with van der Waals surface area (Å²) < 4.78 is 7.26. The van der Waals surface area contributed by atoms with Crippen molar-refractivity contribution in [3.63, 3.8) is 0 Å². The van der Waals surface area contributed by atoms with Crippen molar-refractivity contribution in [2.75, 3.05) is 18.5 Å². The first kappa shape index (κ1) is 14.3. The van der Waals surface area contributed by atoms with E-state index < -0.39 is 0 Å². The minimum atomic E-state index is 0.448. The van der Waals surface area contributed by atoms with Crippen molar-refractivity contribution >= 4 is 16.7 Å². The molecule has 3 rings (SSSR count). The summed E-state index contributed by atoms with van der Waals surface area (Å²) in [6.45, 7) is 6.11. The molecule has 114 valence electrons. The van der Waals surface area contributed by atoms with E-state index in [-0.39, 0.29) is 0 Å². The largest absolute Gasteiger partial charge is 0.381 e. The van der Waals surface area contributed by atoms with Crippen molar-refractivity contribution < 1.29 is 4.74 Å². The number of nitrogens with zero attached hydrogens (tertiary/aromatic N) is 3. The predicted molar refractivity (Wildman–Crippen MR) is 84.5 cm³/mol. The number of nitrogens with one attached hydrogen (secondary N) is 1. The molecule has 5 nitrogen and oxygen atoms in total. The van der Waals surface area contributed by atoms with Crippen LogP contribution in [0.5, 0.6) is 0 Å². The predicted octanol–water partition coefficient (Wildman–Crippen LogP) is 2.89. The molecule has 2 aromatic rings. The van der Waals surface area contributed by atoms with Gasteiger partial charge in [0.2, 0.25) is 0 Å². The molecule has 1 saturated heterocycles. The Hall–Kier alpha value is -1.62. The van der Waals surface area contributed by atoms with Gasteiger partial charge in [-0.1, -0.05) is 0 Å². The molecule has 1 fully saturated rings. The zero-order valence-corrected chi connectivity index (χ0v) is 13.1. The van der Waals surface area contributed by atoms with E-state index in [1.165, 1.54) is 19.3 Å². The van der Waals surface area contributed by atoms with Crippen LogP contribution in [0.3, 0.4) is 0 Å². The molecule has 1 N–H and O–H groups in total. The first-order chi connectivity index (χ1) is 10.1. The molecule has 0 aliphatic carbocycles. The third-order valence-electron chi connectivity index (χ3n) is 4.30. The lowest BCUT2D eigenvalue weighted by Gasteiger charge is -2.25. The van der Waals surface area contributed by atoms with E-state index >= 15 is 0 Å². The van der Waals surface area contributed by atoms with E-state index in [0.717, 1.165) is 41.5 Å². The van der Waals surface area contributed by atoms with E-state index in [0.29, 0.717) is 6.04 Å². The normalized spacial score (nSPS) is 18.0. The average Bonchev–Trinajstić information content (AvgIpc) is 2.74. The van der Waals surface area contributed by atoms with E-state index in [1.54, 1.807) is 0 Å². The van der Waals surface area contributed by atoms with Crippen molar-refractivity contribution in [3.8, 4) is 0 Å². The molecule has 2 aromatic heterocycles. The van der Waals surface area contributed by atoms with Crippen LogP contribution in [0.15, 0.2) is 12.3 Å². The summed E-state index contributed by atoms with van der Waals surface area (Å²) >= 11 is 0. The fourth-order valence-corrected chi connectivity index (χ4v) is 3.21. The standard InChI is InChI=1S/C16H24N4O/c1-11(8-13-4-6-21-7-5-13)18-14-9-15-12(2)19-20(3)16(15)17-10-14/h9-11,13,18H,4-8H2,1-3H3. The fraction of sp³-hybridized carbons (Fsp3) is 0.625. The zero-order chi connectivity index (χ0) is 14.8. The van der Waals surface area contributed by atoms with Gasteiger partial charge in [-0.2, -0.15) is 5.10 Å². The maximum Gasteiger partial charge on any atom is 0.157 e. The summed E-state index contributed by atoms with van der Waals surface area (Å²) in [5, 5.41) is 9.12. The summed E-state index contributed by atoms with van der Waals surface area (Å²) in [5.74, 6) is 0.776. The van der Waals surface area contributed by atoms with Crippen molar-refractivity contribution in [2.45, 2.75) is 39.2 Å². The molecule has 1 aliphatic heterocycles. The minimum Gasteiger partial charge on any atom is -0.381 e. The molecule has 5 heteroatoms. The minimum absolute atomic E-state index is 0.448. The second-order valence-corrected chi connectivity index (χ2v) is 6.14. The van der Waals surface area contributed by atoms with Gasteiger partial charge in [-0.05, 0) is 45.1 Å². The maximum atomic E-state index is 5.42. The smallest absolute Gasteiger partial charge is 0.157 e. The van der Waals surface area contributed by atoms with Gasteiger partial charge in [0.25, 0.3) is 0 Å². The van der Waals surface area contributed by atoms with Crippen LogP contribution in [0.4, 0.5) is 5.69 Å². The number of rotatable bonds is 4. The molecule has 1 unspecified atom stereocenters. The molecular weight excluding hydrogens is 264 g/mol. The SMILES string of the molecule is Cc1nn(C)c2ncc(NC(C)CC3CCOCC3)cc12. The van der Waals surface area contributed by atoms with Gasteiger partial charge < -0.3 is 10.1 Å². The van der Waals surface area contributed by atoms with Gasteiger partial charge in [0.1, 0.15) is 0 Å². The second-order valence-electron chi connectivity index (χ2n) is 6.14. The maximum absolute atomic E-state index is 5.42. The van der Waals surface area contributed by atoms with Crippen LogP contribution in [0.2, 0.25) is 0 Å². The van der Waals surface area contributed by atoms with Crippen LogP contribution in [0.1, 0.15) is 31.9 Å². The Morgan fingerprint density at radius 2 is 2.19 bits per heavy atom. The van der Waals surface area contributed by atoms with E-state index in [1.807, 2.05) is 24.9 Å². The van der Waals surface area contributed by atoms with Gasteiger partial charge in [0, 0.05) is 31.7 Å². The molecule has 21 heavy (non-hydrogen) atoms.